The molecular formula is C29H26N4OS. The van der Waals surface area contributed by atoms with Crippen molar-refractivity contribution < 1.29 is 4.79 Å². The van der Waals surface area contributed by atoms with Gasteiger partial charge in [-0.15, -0.1) is 11.3 Å². The number of anilines is 1. The molecule has 1 spiro atoms. The van der Waals surface area contributed by atoms with E-state index in [0.717, 1.165) is 48.3 Å². The second-order valence-electron chi connectivity index (χ2n) is 9.59. The van der Waals surface area contributed by atoms with Gasteiger partial charge < -0.3 is 4.90 Å². The van der Waals surface area contributed by atoms with Crippen molar-refractivity contribution in [3.05, 3.63) is 94.5 Å². The van der Waals surface area contributed by atoms with Crippen molar-refractivity contribution in [1.82, 2.24) is 9.88 Å². The first-order chi connectivity index (χ1) is 17.1. The van der Waals surface area contributed by atoms with Gasteiger partial charge in [0.15, 0.2) is 0 Å². The normalized spacial score (nSPS) is 18.1. The molecule has 3 heterocycles. The minimum atomic E-state index is -0.460. The second-order valence-corrected chi connectivity index (χ2v) is 10.5. The third kappa shape index (κ3) is 3.63. The molecule has 0 N–H and O–H groups in total. The summed E-state index contributed by atoms with van der Waals surface area (Å²) in [5.74, 6) is 0.208. The van der Waals surface area contributed by atoms with Crippen molar-refractivity contribution in [3.63, 3.8) is 0 Å². The molecule has 1 aromatic heterocycles. The summed E-state index contributed by atoms with van der Waals surface area (Å²) < 4.78 is 1.22. The molecule has 0 aliphatic carbocycles. The quantitative estimate of drug-likeness (QED) is 0.371. The Kier molecular flexibility index (Phi) is 5.40. The Bertz CT molecular complexity index is 1440. The maximum atomic E-state index is 14.0. The zero-order valence-electron chi connectivity index (χ0n) is 19.6. The lowest BCUT2D eigenvalue weighted by Gasteiger charge is -2.41. The van der Waals surface area contributed by atoms with Crippen molar-refractivity contribution in [2.24, 2.45) is 0 Å². The Labute approximate surface area is 209 Å². The van der Waals surface area contributed by atoms with Crippen molar-refractivity contribution in [2.45, 2.75) is 37.8 Å². The SMILES string of the molecule is C[C@H](c1ccc2scnc2c1)N1CCC2(CC1)C(=O)N(Cc1ccc(C#N)cc1)c1ccccc12. The lowest BCUT2D eigenvalue weighted by atomic mass is 9.73. The number of carbonyl (C=O) groups is 1. The van der Waals surface area contributed by atoms with Crippen LogP contribution in [0.15, 0.2) is 72.2 Å². The van der Waals surface area contributed by atoms with E-state index in [1.54, 1.807) is 11.3 Å². The maximum absolute atomic E-state index is 14.0. The third-order valence-corrected chi connectivity index (χ3v) is 8.63. The Morgan fingerprint density at radius 3 is 2.63 bits per heavy atom. The van der Waals surface area contributed by atoms with E-state index in [4.69, 9.17) is 5.26 Å². The number of amides is 1. The summed E-state index contributed by atoms with van der Waals surface area (Å²) >= 11 is 1.67. The molecule has 174 valence electrons. The van der Waals surface area contributed by atoms with Crippen molar-refractivity contribution >= 4 is 33.1 Å². The number of nitrogens with zero attached hydrogens (tertiary/aromatic N) is 4. The molecule has 0 radical (unpaired) electrons. The highest BCUT2D eigenvalue weighted by Crippen LogP contribution is 2.49. The summed E-state index contributed by atoms with van der Waals surface area (Å²) in [5.41, 5.74) is 7.63. The van der Waals surface area contributed by atoms with Gasteiger partial charge >= 0.3 is 0 Å². The number of aromatic nitrogens is 1. The number of rotatable bonds is 4. The fourth-order valence-electron chi connectivity index (χ4n) is 5.74. The molecule has 2 aliphatic heterocycles. The first kappa shape index (κ1) is 22.0. The van der Waals surface area contributed by atoms with Crippen LogP contribution in [0.4, 0.5) is 5.69 Å². The third-order valence-electron chi connectivity index (χ3n) is 7.82. The topological polar surface area (TPSA) is 60.2 Å². The number of para-hydroxylation sites is 1. The number of nitriles is 1. The van der Waals surface area contributed by atoms with E-state index in [-0.39, 0.29) is 11.9 Å². The molecule has 35 heavy (non-hydrogen) atoms. The summed E-state index contributed by atoms with van der Waals surface area (Å²) in [6.07, 6.45) is 1.63. The van der Waals surface area contributed by atoms with Crippen LogP contribution in [0, 0.1) is 11.3 Å². The highest BCUT2D eigenvalue weighted by Gasteiger charge is 2.52. The number of likely N-dealkylation sites (tertiary alicyclic amines) is 1. The highest BCUT2D eigenvalue weighted by molar-refractivity contribution is 7.16. The van der Waals surface area contributed by atoms with Crippen LogP contribution in [0.5, 0.6) is 0 Å². The molecule has 0 bridgehead atoms. The van der Waals surface area contributed by atoms with E-state index >= 15 is 0 Å². The number of fused-ring (bicyclic) bond motifs is 3. The number of carbonyl (C=O) groups excluding carboxylic acids is 1. The Hall–Kier alpha value is -3.53. The van der Waals surface area contributed by atoms with Gasteiger partial charge in [-0.25, -0.2) is 4.98 Å². The van der Waals surface area contributed by atoms with Gasteiger partial charge in [0.2, 0.25) is 5.91 Å². The molecule has 0 unspecified atom stereocenters. The Balaban J connectivity index is 1.24. The van der Waals surface area contributed by atoms with Crippen LogP contribution in [0.25, 0.3) is 10.2 Å². The summed E-state index contributed by atoms with van der Waals surface area (Å²) in [6, 6.07) is 24.8. The first-order valence-corrected chi connectivity index (χ1v) is 12.9. The van der Waals surface area contributed by atoms with Crippen molar-refractivity contribution in [1.29, 1.82) is 5.26 Å². The van der Waals surface area contributed by atoms with E-state index in [0.29, 0.717) is 12.1 Å². The smallest absolute Gasteiger partial charge is 0.238 e. The van der Waals surface area contributed by atoms with Gasteiger partial charge in [0.05, 0.1) is 39.3 Å². The molecule has 1 amide bonds. The van der Waals surface area contributed by atoms with Gasteiger partial charge in [-0.2, -0.15) is 5.26 Å². The van der Waals surface area contributed by atoms with Gasteiger partial charge in [0, 0.05) is 24.8 Å². The van der Waals surface area contributed by atoms with Gasteiger partial charge in [0.25, 0.3) is 0 Å². The van der Waals surface area contributed by atoms with Crippen LogP contribution in [0.2, 0.25) is 0 Å². The fraction of sp³-hybridized carbons (Fsp3) is 0.276. The van der Waals surface area contributed by atoms with Gasteiger partial charge in [-0.3, -0.25) is 9.69 Å². The first-order valence-electron chi connectivity index (χ1n) is 12.1. The van der Waals surface area contributed by atoms with Gasteiger partial charge in [-0.05, 0) is 66.8 Å². The van der Waals surface area contributed by atoms with Gasteiger partial charge in [-0.1, -0.05) is 36.4 Å². The van der Waals surface area contributed by atoms with Gasteiger partial charge in [0.1, 0.15) is 0 Å². The second kappa shape index (κ2) is 8.60. The van der Waals surface area contributed by atoms with E-state index < -0.39 is 5.41 Å². The average Bonchev–Trinajstić information content (AvgIpc) is 3.47. The Morgan fingerprint density at radius 2 is 1.86 bits per heavy atom. The van der Waals surface area contributed by atoms with Crippen LogP contribution >= 0.6 is 11.3 Å². The van der Waals surface area contributed by atoms with E-state index in [1.807, 2.05) is 40.7 Å². The summed E-state index contributed by atoms with van der Waals surface area (Å²) in [6.45, 7) is 4.53. The molecule has 3 aromatic carbocycles. The van der Waals surface area contributed by atoms with Crippen LogP contribution in [-0.2, 0) is 16.8 Å². The lowest BCUT2D eigenvalue weighted by Crippen LogP contribution is -2.49. The maximum Gasteiger partial charge on any atom is 0.238 e. The zero-order chi connectivity index (χ0) is 24.0. The number of hydrogen-bond donors (Lipinski definition) is 0. The van der Waals surface area contributed by atoms with Crippen LogP contribution in [0.3, 0.4) is 0 Å². The molecule has 2 aliphatic rings. The average molecular weight is 479 g/mol. The predicted molar refractivity (Wildman–Crippen MR) is 139 cm³/mol. The number of hydrogen-bond acceptors (Lipinski definition) is 5. The minimum Gasteiger partial charge on any atom is -0.307 e. The summed E-state index contributed by atoms with van der Waals surface area (Å²) in [7, 11) is 0. The largest absolute Gasteiger partial charge is 0.307 e. The molecule has 4 aromatic rings. The van der Waals surface area contributed by atoms with E-state index in [2.05, 4.69) is 59.3 Å². The molecule has 6 heteroatoms. The van der Waals surface area contributed by atoms with Crippen LogP contribution in [0.1, 0.15) is 48.1 Å². The monoisotopic (exact) mass is 478 g/mol. The highest BCUT2D eigenvalue weighted by atomic mass is 32.1. The number of piperidine rings is 1. The molecule has 0 saturated carbocycles. The molecular weight excluding hydrogens is 452 g/mol. The summed E-state index contributed by atoms with van der Waals surface area (Å²) in [5, 5.41) is 9.10. The van der Waals surface area contributed by atoms with Crippen molar-refractivity contribution in [2.75, 3.05) is 18.0 Å². The number of benzene rings is 3. The summed E-state index contributed by atoms with van der Waals surface area (Å²) in [4.78, 5) is 22.9. The molecule has 1 fully saturated rings. The molecule has 6 rings (SSSR count). The van der Waals surface area contributed by atoms with E-state index in [9.17, 15) is 4.79 Å². The van der Waals surface area contributed by atoms with Crippen LogP contribution in [-0.4, -0.2) is 28.9 Å². The standard InChI is InChI=1S/C29H26N4OS/c1-20(23-10-11-27-25(16-23)31-19-35-27)32-14-12-29(13-15-32)24-4-2-3-5-26(24)33(28(29)34)18-22-8-6-21(17-30)7-9-22/h2-11,16,19-20H,12-15,18H2,1H3/t20-/m1/s1. The zero-order valence-corrected chi connectivity index (χ0v) is 20.5. The Morgan fingerprint density at radius 1 is 1.09 bits per heavy atom. The number of thiazole rings is 1. The molecule has 1 saturated heterocycles. The van der Waals surface area contributed by atoms with Crippen molar-refractivity contribution in [3.8, 4) is 6.07 Å². The molecule has 1 atom stereocenters. The molecule has 5 nitrogen and oxygen atoms in total. The minimum absolute atomic E-state index is 0.208. The van der Waals surface area contributed by atoms with Crippen LogP contribution < -0.4 is 4.90 Å². The predicted octanol–water partition coefficient (Wildman–Crippen LogP) is 5.81. The lowest BCUT2D eigenvalue weighted by molar-refractivity contribution is -0.125. The van der Waals surface area contributed by atoms with E-state index in [1.165, 1.54) is 10.3 Å². The fourth-order valence-corrected chi connectivity index (χ4v) is 6.40.